The van der Waals surface area contributed by atoms with Gasteiger partial charge in [-0.2, -0.15) is 0 Å². The molecule has 2 N–H and O–H groups in total. The van der Waals surface area contributed by atoms with E-state index in [9.17, 15) is 39.4 Å². The predicted molar refractivity (Wildman–Crippen MR) is 91.3 cm³/mol. The van der Waals surface area contributed by atoms with Crippen molar-refractivity contribution in [1.29, 1.82) is 0 Å². The van der Waals surface area contributed by atoms with Crippen LogP contribution in [-0.2, 0) is 43.8 Å². The molecular formula is C12H19N2NaO10S3. The number of nitrogens with one attached hydrogen (secondary N) is 2. The van der Waals surface area contributed by atoms with Crippen molar-refractivity contribution in [2.75, 3.05) is 30.3 Å². The molecule has 0 aromatic carbocycles. The molecule has 1 aliphatic heterocycles. The third kappa shape index (κ3) is 10.3. The number of hydrogen-bond acceptors (Lipinski definition) is 10. The summed E-state index contributed by atoms with van der Waals surface area (Å²) in [6, 6.07) is 0. The van der Waals surface area contributed by atoms with E-state index in [1.807, 2.05) is 0 Å². The Bertz CT molecular complexity index is 898. The van der Waals surface area contributed by atoms with E-state index in [0.29, 0.717) is 0 Å². The Morgan fingerprint density at radius 1 is 1.14 bits per heavy atom. The fourth-order valence-corrected chi connectivity index (χ4v) is 5.31. The summed E-state index contributed by atoms with van der Waals surface area (Å²) in [6.45, 7) is 2.89. The van der Waals surface area contributed by atoms with Crippen LogP contribution in [0.3, 0.4) is 0 Å². The van der Waals surface area contributed by atoms with Crippen LogP contribution in [0.5, 0.6) is 0 Å². The second kappa shape index (κ2) is 11.0. The smallest absolute Gasteiger partial charge is 0.726 e. The van der Waals surface area contributed by atoms with Crippen LogP contribution in [0.15, 0.2) is 12.0 Å². The molecule has 1 fully saturated rings. The van der Waals surface area contributed by atoms with Crippen LogP contribution in [0.1, 0.15) is 6.42 Å². The Morgan fingerprint density at radius 3 is 2.25 bits per heavy atom. The van der Waals surface area contributed by atoms with Gasteiger partial charge in [-0.3, -0.25) is 13.8 Å². The summed E-state index contributed by atoms with van der Waals surface area (Å²) in [4.78, 5) is 23.5. The van der Waals surface area contributed by atoms with E-state index in [1.54, 1.807) is 0 Å². The Kier molecular flexibility index (Phi) is 10.8. The van der Waals surface area contributed by atoms with Crippen LogP contribution < -0.4 is 40.2 Å². The normalized spacial score (nSPS) is 21.3. The summed E-state index contributed by atoms with van der Waals surface area (Å²) in [7, 11) is -12.5. The van der Waals surface area contributed by atoms with E-state index in [2.05, 4.69) is 21.4 Å². The minimum absolute atomic E-state index is 0. The van der Waals surface area contributed by atoms with E-state index in [-0.39, 0.29) is 49.1 Å². The van der Waals surface area contributed by atoms with Crippen molar-refractivity contribution < 1.29 is 73.1 Å². The Morgan fingerprint density at radius 2 is 1.71 bits per heavy atom. The molecule has 0 saturated carbocycles. The van der Waals surface area contributed by atoms with E-state index in [0.717, 1.165) is 5.41 Å². The minimum atomic E-state index is -5.19. The molecule has 2 unspecified atom stereocenters. The summed E-state index contributed by atoms with van der Waals surface area (Å²) in [6.07, 6.45) is -1.92. The first-order valence-corrected chi connectivity index (χ1v) is 12.4. The van der Waals surface area contributed by atoms with Crippen molar-refractivity contribution in [3.05, 3.63) is 12.0 Å². The molecule has 12 nitrogen and oxygen atoms in total. The average Bonchev–Trinajstić information content (AvgIpc) is 2.82. The summed E-state index contributed by atoms with van der Waals surface area (Å²) in [5.41, 5.74) is 0. The first kappa shape index (κ1) is 27.5. The molecule has 0 bridgehead atoms. The molecule has 1 rings (SSSR count). The summed E-state index contributed by atoms with van der Waals surface area (Å²) < 4.78 is 81.6. The van der Waals surface area contributed by atoms with Gasteiger partial charge in [0, 0.05) is 24.9 Å². The van der Waals surface area contributed by atoms with Gasteiger partial charge in [0.2, 0.25) is 22.2 Å². The molecule has 1 saturated heterocycles. The maximum absolute atomic E-state index is 12.0. The van der Waals surface area contributed by atoms with Gasteiger partial charge in [0.05, 0.1) is 23.2 Å². The summed E-state index contributed by atoms with van der Waals surface area (Å²) >= 11 is 0. The number of carbonyl (C=O) groups excluding carboxylic acids is 2. The molecule has 28 heavy (non-hydrogen) atoms. The van der Waals surface area contributed by atoms with E-state index in [1.165, 1.54) is 0 Å². The fraction of sp³-hybridized carbons (Fsp3) is 0.667. The molecule has 0 aliphatic carbocycles. The van der Waals surface area contributed by atoms with E-state index < -0.39 is 71.2 Å². The van der Waals surface area contributed by atoms with Gasteiger partial charge in [0.15, 0.2) is 19.7 Å². The summed E-state index contributed by atoms with van der Waals surface area (Å²) in [5, 5.41) is 5.36. The first-order chi connectivity index (χ1) is 12.2. The molecule has 2 amide bonds. The Balaban J connectivity index is 0.00000729. The fourth-order valence-electron chi connectivity index (χ4n) is 2.23. The van der Waals surface area contributed by atoms with Crippen molar-refractivity contribution in [1.82, 2.24) is 10.6 Å². The largest absolute Gasteiger partial charge is 1.00 e. The Hall–Kier alpha value is -0.550. The average molecular weight is 470 g/mol. The molecule has 0 radical (unpaired) electrons. The maximum atomic E-state index is 12.0. The van der Waals surface area contributed by atoms with E-state index in [4.69, 9.17) is 0 Å². The topological polar surface area (TPSA) is 193 Å². The number of carbonyl (C=O) groups is 2. The molecule has 16 heteroatoms. The molecular weight excluding hydrogens is 451 g/mol. The van der Waals surface area contributed by atoms with Crippen LogP contribution in [-0.4, -0.2) is 78.1 Å². The number of sulfone groups is 2. The van der Waals surface area contributed by atoms with Gasteiger partial charge < -0.3 is 15.2 Å². The van der Waals surface area contributed by atoms with Crippen molar-refractivity contribution in [3.8, 4) is 0 Å². The molecule has 2 atom stereocenters. The standard InChI is InChI=1S/C12H20N2O10S3.Na/c1-2-25(17,18)6-3-11(15)13-4-5-14-12(16)9-7-26(19,20)8-10(9)24-27(21,22)23;/h2,9-10H,1,3-8H2,(H,13,15)(H,14,16)(H,21,22,23);/q;+1/p-1. The molecule has 0 aromatic heterocycles. The van der Waals surface area contributed by atoms with Gasteiger partial charge in [0.1, 0.15) is 6.10 Å². The molecule has 156 valence electrons. The maximum Gasteiger partial charge on any atom is 1.00 e. The Labute approximate surface area is 185 Å². The van der Waals surface area contributed by atoms with Gasteiger partial charge in [-0.1, -0.05) is 6.58 Å². The third-order valence-electron chi connectivity index (χ3n) is 3.49. The second-order valence-corrected chi connectivity index (χ2v) is 10.9. The molecule has 1 heterocycles. The van der Waals surface area contributed by atoms with Gasteiger partial charge in [0.25, 0.3) is 0 Å². The van der Waals surface area contributed by atoms with Crippen LogP contribution in [0, 0.1) is 5.92 Å². The summed E-state index contributed by atoms with van der Waals surface area (Å²) in [5.74, 6) is -4.69. The van der Waals surface area contributed by atoms with Crippen LogP contribution in [0.2, 0.25) is 0 Å². The quantitative estimate of drug-likeness (QED) is 0.134. The SMILES string of the molecule is C=CS(=O)(=O)CCC(=O)NCCNC(=O)C1CS(=O)(=O)CC1OS(=O)(=O)[O-].[Na+]. The zero-order valence-corrected chi connectivity index (χ0v) is 19.4. The van der Waals surface area contributed by atoms with Crippen LogP contribution in [0.4, 0.5) is 0 Å². The second-order valence-electron chi connectivity index (χ2n) is 5.65. The van der Waals surface area contributed by atoms with E-state index >= 15 is 0 Å². The monoisotopic (exact) mass is 470 g/mol. The van der Waals surface area contributed by atoms with Gasteiger partial charge >= 0.3 is 29.6 Å². The van der Waals surface area contributed by atoms with Crippen LogP contribution in [0.25, 0.3) is 0 Å². The zero-order chi connectivity index (χ0) is 20.9. The van der Waals surface area contributed by atoms with Crippen LogP contribution >= 0.6 is 0 Å². The number of hydrogen-bond donors (Lipinski definition) is 2. The van der Waals surface area contributed by atoms with Gasteiger partial charge in [-0.25, -0.2) is 25.3 Å². The van der Waals surface area contributed by atoms with Crippen molar-refractivity contribution in [2.24, 2.45) is 5.92 Å². The van der Waals surface area contributed by atoms with Gasteiger partial charge in [-0.05, 0) is 0 Å². The van der Waals surface area contributed by atoms with Crippen molar-refractivity contribution in [2.45, 2.75) is 12.5 Å². The predicted octanol–water partition coefficient (Wildman–Crippen LogP) is -5.94. The van der Waals surface area contributed by atoms with Crippen molar-refractivity contribution in [3.63, 3.8) is 0 Å². The number of amides is 2. The number of rotatable bonds is 10. The van der Waals surface area contributed by atoms with Crippen molar-refractivity contribution >= 4 is 41.9 Å². The molecule has 0 spiro atoms. The molecule has 0 aromatic rings. The minimum Gasteiger partial charge on any atom is -0.726 e. The zero-order valence-electron chi connectivity index (χ0n) is 15.0. The van der Waals surface area contributed by atoms with Gasteiger partial charge in [-0.15, -0.1) is 0 Å². The third-order valence-corrected chi connectivity index (χ3v) is 6.96. The molecule has 1 aliphatic rings. The first-order valence-electron chi connectivity index (χ1n) is 7.49.